The summed E-state index contributed by atoms with van der Waals surface area (Å²) in [6.45, 7) is 5.91. The predicted molar refractivity (Wildman–Crippen MR) is 94.6 cm³/mol. The number of nitrogens with zero attached hydrogens (tertiary/aromatic N) is 3. The summed E-state index contributed by atoms with van der Waals surface area (Å²) in [5.74, 6) is -0.000923. The zero-order chi connectivity index (χ0) is 17.7. The van der Waals surface area contributed by atoms with Gasteiger partial charge in [-0.2, -0.15) is 0 Å². The van der Waals surface area contributed by atoms with Gasteiger partial charge in [-0.15, -0.1) is 0 Å². The van der Waals surface area contributed by atoms with Gasteiger partial charge in [0, 0.05) is 43.4 Å². The normalized spacial score (nSPS) is 16.3. The summed E-state index contributed by atoms with van der Waals surface area (Å²) in [4.78, 5) is 26.7. The number of piperidine rings is 1. The first-order chi connectivity index (χ1) is 11.4. The number of hydrogen-bond donors (Lipinski definition) is 0. The number of likely N-dealkylation sites (tertiary alicyclic amines) is 1. The second-order valence-electron chi connectivity index (χ2n) is 6.50. The van der Waals surface area contributed by atoms with E-state index in [4.69, 9.17) is 0 Å². The number of carbonyl (C=O) groups is 1. The van der Waals surface area contributed by atoms with Gasteiger partial charge in [-0.1, -0.05) is 0 Å². The van der Waals surface area contributed by atoms with Crippen LogP contribution in [0.5, 0.6) is 0 Å². The van der Waals surface area contributed by atoms with Crippen LogP contribution in [0.25, 0.3) is 6.08 Å². The van der Waals surface area contributed by atoms with Crippen molar-refractivity contribution in [2.75, 3.05) is 20.1 Å². The van der Waals surface area contributed by atoms with Gasteiger partial charge < -0.3 is 9.80 Å². The molecule has 0 bridgehead atoms. The van der Waals surface area contributed by atoms with Crippen molar-refractivity contribution < 1.29 is 9.72 Å². The van der Waals surface area contributed by atoms with Crippen LogP contribution < -0.4 is 0 Å². The zero-order valence-corrected chi connectivity index (χ0v) is 14.5. The highest BCUT2D eigenvalue weighted by Crippen LogP contribution is 2.18. The molecule has 0 radical (unpaired) electrons. The van der Waals surface area contributed by atoms with Crippen molar-refractivity contribution >= 4 is 17.7 Å². The summed E-state index contributed by atoms with van der Waals surface area (Å²) in [6, 6.07) is 7.22. The molecule has 0 unspecified atom stereocenters. The van der Waals surface area contributed by atoms with Crippen LogP contribution >= 0.6 is 0 Å². The van der Waals surface area contributed by atoms with Crippen LogP contribution in [0, 0.1) is 10.1 Å². The first-order valence-corrected chi connectivity index (χ1v) is 8.32. The zero-order valence-electron chi connectivity index (χ0n) is 14.5. The van der Waals surface area contributed by atoms with Gasteiger partial charge in [-0.3, -0.25) is 14.9 Å². The quantitative estimate of drug-likeness (QED) is 0.473. The molecule has 6 heteroatoms. The summed E-state index contributed by atoms with van der Waals surface area (Å²) >= 11 is 0. The molecule has 1 aromatic rings. The lowest BCUT2D eigenvalue weighted by atomic mass is 10.0. The Labute approximate surface area is 142 Å². The van der Waals surface area contributed by atoms with Gasteiger partial charge in [0.2, 0.25) is 5.91 Å². The van der Waals surface area contributed by atoms with E-state index < -0.39 is 4.92 Å². The maximum atomic E-state index is 12.3. The van der Waals surface area contributed by atoms with Crippen LogP contribution in [0.4, 0.5) is 5.69 Å². The third-order valence-electron chi connectivity index (χ3n) is 4.69. The lowest BCUT2D eigenvalue weighted by molar-refractivity contribution is -0.384. The molecule has 1 saturated heterocycles. The molecule has 1 fully saturated rings. The fourth-order valence-electron chi connectivity index (χ4n) is 2.90. The van der Waals surface area contributed by atoms with Crippen molar-refractivity contribution in [2.24, 2.45) is 0 Å². The number of benzene rings is 1. The second-order valence-corrected chi connectivity index (χ2v) is 6.50. The smallest absolute Gasteiger partial charge is 0.269 e. The number of carbonyl (C=O) groups excluding carboxylic acids is 1. The summed E-state index contributed by atoms with van der Waals surface area (Å²) in [5, 5.41) is 10.6. The SMILES string of the molecule is CC(C)N(C)C1CCN(C(=O)C=Cc2ccc([N+](=O)[O-])cc2)CC1. The third-order valence-corrected chi connectivity index (χ3v) is 4.69. The van der Waals surface area contributed by atoms with Crippen LogP contribution in [-0.2, 0) is 4.79 Å². The number of amides is 1. The average molecular weight is 331 g/mol. The Morgan fingerprint density at radius 2 is 1.88 bits per heavy atom. The van der Waals surface area contributed by atoms with Gasteiger partial charge in [0.15, 0.2) is 0 Å². The second kappa shape index (κ2) is 8.06. The van der Waals surface area contributed by atoms with E-state index in [9.17, 15) is 14.9 Å². The van der Waals surface area contributed by atoms with E-state index in [1.807, 2.05) is 4.90 Å². The molecule has 0 aliphatic carbocycles. The van der Waals surface area contributed by atoms with E-state index in [0.29, 0.717) is 12.1 Å². The Kier molecular flexibility index (Phi) is 6.09. The molecule has 0 atom stereocenters. The first kappa shape index (κ1) is 18.1. The van der Waals surface area contributed by atoms with Crippen molar-refractivity contribution in [3.05, 3.63) is 46.0 Å². The first-order valence-electron chi connectivity index (χ1n) is 8.32. The molecular formula is C18H25N3O3. The molecule has 1 amide bonds. The number of nitro groups is 1. The topological polar surface area (TPSA) is 66.7 Å². The van der Waals surface area contributed by atoms with E-state index in [1.54, 1.807) is 24.3 Å². The number of rotatable bonds is 5. The van der Waals surface area contributed by atoms with E-state index in [-0.39, 0.29) is 11.6 Å². The predicted octanol–water partition coefficient (Wildman–Crippen LogP) is 2.94. The number of nitro benzene ring substituents is 1. The molecule has 1 heterocycles. The van der Waals surface area contributed by atoms with E-state index in [2.05, 4.69) is 25.8 Å². The van der Waals surface area contributed by atoms with Gasteiger partial charge in [0.1, 0.15) is 0 Å². The molecule has 2 rings (SSSR count). The molecule has 0 saturated carbocycles. The Morgan fingerprint density at radius 3 is 2.38 bits per heavy atom. The van der Waals surface area contributed by atoms with Gasteiger partial charge in [-0.25, -0.2) is 0 Å². The van der Waals surface area contributed by atoms with Crippen molar-refractivity contribution in [1.29, 1.82) is 0 Å². The molecule has 6 nitrogen and oxygen atoms in total. The van der Waals surface area contributed by atoms with Crippen LogP contribution in [0.2, 0.25) is 0 Å². The molecular weight excluding hydrogens is 306 g/mol. The lowest BCUT2D eigenvalue weighted by Crippen LogP contribution is -2.47. The molecule has 24 heavy (non-hydrogen) atoms. The van der Waals surface area contributed by atoms with Crippen LogP contribution in [0.15, 0.2) is 30.3 Å². The minimum Gasteiger partial charge on any atom is -0.339 e. The van der Waals surface area contributed by atoms with E-state index in [0.717, 1.165) is 31.5 Å². The van der Waals surface area contributed by atoms with Gasteiger partial charge in [-0.05, 0) is 57.5 Å². The minimum absolute atomic E-state index is 0.000923. The fourth-order valence-corrected chi connectivity index (χ4v) is 2.90. The number of hydrogen-bond acceptors (Lipinski definition) is 4. The molecule has 1 aromatic carbocycles. The van der Waals surface area contributed by atoms with Crippen molar-refractivity contribution in [3.8, 4) is 0 Å². The van der Waals surface area contributed by atoms with Crippen LogP contribution in [-0.4, -0.2) is 52.9 Å². The Hall–Kier alpha value is -2.21. The van der Waals surface area contributed by atoms with Crippen molar-refractivity contribution in [3.63, 3.8) is 0 Å². The summed E-state index contributed by atoms with van der Waals surface area (Å²) in [5.41, 5.74) is 0.832. The van der Waals surface area contributed by atoms with Gasteiger partial charge in [0.25, 0.3) is 5.69 Å². The molecule has 130 valence electrons. The third kappa shape index (κ3) is 4.64. The van der Waals surface area contributed by atoms with Crippen LogP contribution in [0.3, 0.4) is 0 Å². The summed E-state index contributed by atoms with van der Waals surface area (Å²) in [7, 11) is 2.14. The van der Waals surface area contributed by atoms with Gasteiger partial charge >= 0.3 is 0 Å². The highest BCUT2D eigenvalue weighted by atomic mass is 16.6. The fraction of sp³-hybridized carbons (Fsp3) is 0.500. The molecule has 1 aliphatic heterocycles. The number of non-ortho nitro benzene ring substituents is 1. The van der Waals surface area contributed by atoms with Gasteiger partial charge in [0.05, 0.1) is 4.92 Å². The summed E-state index contributed by atoms with van der Waals surface area (Å²) in [6.07, 6.45) is 5.24. The monoisotopic (exact) mass is 331 g/mol. The molecule has 0 aromatic heterocycles. The largest absolute Gasteiger partial charge is 0.339 e. The molecule has 0 N–H and O–H groups in total. The molecule has 0 spiro atoms. The van der Waals surface area contributed by atoms with E-state index >= 15 is 0 Å². The standard InChI is InChI=1S/C18H25N3O3/c1-14(2)19(3)16-10-12-20(13-11-16)18(22)9-6-15-4-7-17(8-5-15)21(23)24/h4-9,14,16H,10-13H2,1-3H3. The Morgan fingerprint density at radius 1 is 1.29 bits per heavy atom. The highest BCUT2D eigenvalue weighted by Gasteiger charge is 2.25. The van der Waals surface area contributed by atoms with Crippen molar-refractivity contribution in [1.82, 2.24) is 9.80 Å². The maximum Gasteiger partial charge on any atom is 0.269 e. The van der Waals surface area contributed by atoms with E-state index in [1.165, 1.54) is 12.1 Å². The maximum absolute atomic E-state index is 12.3. The average Bonchev–Trinajstić information content (AvgIpc) is 2.59. The lowest BCUT2D eigenvalue weighted by Gasteiger charge is -2.38. The van der Waals surface area contributed by atoms with Crippen LogP contribution in [0.1, 0.15) is 32.3 Å². The Balaban J connectivity index is 1.88. The summed E-state index contributed by atoms with van der Waals surface area (Å²) < 4.78 is 0. The minimum atomic E-state index is -0.434. The van der Waals surface area contributed by atoms with Crippen molar-refractivity contribution in [2.45, 2.75) is 38.8 Å². The highest BCUT2D eigenvalue weighted by molar-refractivity contribution is 5.91. The molecule has 1 aliphatic rings. The Bertz CT molecular complexity index is 602.